The zero-order valence-electron chi connectivity index (χ0n) is 22.0. The number of nitro groups is 1. The van der Waals surface area contributed by atoms with E-state index in [-0.39, 0.29) is 40.2 Å². The molecule has 0 N–H and O–H groups in total. The maximum atomic E-state index is 13.5. The monoisotopic (exact) mass is 598 g/mol. The van der Waals surface area contributed by atoms with Crippen LogP contribution in [-0.4, -0.2) is 20.8 Å². The lowest BCUT2D eigenvalue weighted by atomic mass is 10.1. The van der Waals surface area contributed by atoms with Gasteiger partial charge in [0.15, 0.2) is 5.76 Å². The summed E-state index contributed by atoms with van der Waals surface area (Å²) < 4.78 is 12.8. The lowest BCUT2D eigenvalue weighted by Crippen LogP contribution is -2.20. The van der Waals surface area contributed by atoms with Crippen LogP contribution in [0.15, 0.2) is 99.2 Å². The van der Waals surface area contributed by atoms with Crippen LogP contribution in [0.25, 0.3) is 33.5 Å². The fourth-order valence-electron chi connectivity index (χ4n) is 4.43. The summed E-state index contributed by atoms with van der Waals surface area (Å²) in [6.07, 6.45) is 1.30. The number of nitro benzene ring substituents is 1. The molecule has 6 aromatic rings. The first kappa shape index (κ1) is 27.2. The summed E-state index contributed by atoms with van der Waals surface area (Å²) in [7, 11) is 0. The lowest BCUT2D eigenvalue weighted by molar-refractivity contribution is -0.385. The fourth-order valence-corrected chi connectivity index (χ4v) is 4.89. The molecule has 2 heterocycles. The first-order valence-electron chi connectivity index (χ1n) is 12.7. The van der Waals surface area contributed by atoms with Gasteiger partial charge in [0.2, 0.25) is 11.6 Å². The van der Waals surface area contributed by atoms with Crippen LogP contribution in [0.3, 0.4) is 0 Å². The summed E-state index contributed by atoms with van der Waals surface area (Å²) in [5.41, 5.74) is 2.41. The van der Waals surface area contributed by atoms with Crippen LogP contribution in [0.2, 0.25) is 10.0 Å². The Balaban J connectivity index is 1.41. The second-order valence-electron chi connectivity index (χ2n) is 9.49. The number of rotatable bonds is 7. The Morgan fingerprint density at radius 3 is 2.62 bits per heavy atom. The molecule has 0 fully saturated rings. The standard InChI is InChI=1S/C31H20Cl2N4O5/c1-18-6-8-19(9-7-18)17-41-29-24(33)12-20(13-26(29)37(39)40)16-34-36-30(35-25-5-3-2-4-23(25)31(36)38)28-15-21-14-22(32)10-11-27(21)42-28/h2-16H,17H2,1H3. The molecule has 42 heavy (non-hydrogen) atoms. The Bertz CT molecular complexity index is 2080. The highest BCUT2D eigenvalue weighted by molar-refractivity contribution is 6.32. The normalized spacial score (nSPS) is 11.5. The van der Waals surface area contributed by atoms with E-state index in [0.29, 0.717) is 21.5 Å². The summed E-state index contributed by atoms with van der Waals surface area (Å²) in [6.45, 7) is 2.06. The molecule has 0 unspecified atom stereocenters. The molecule has 0 saturated heterocycles. The zero-order valence-corrected chi connectivity index (χ0v) is 23.5. The predicted octanol–water partition coefficient (Wildman–Crippen LogP) is 7.79. The molecule has 4 aromatic carbocycles. The summed E-state index contributed by atoms with van der Waals surface area (Å²) in [4.78, 5) is 29.5. The Kier molecular flexibility index (Phi) is 7.20. The fraction of sp³-hybridized carbons (Fsp3) is 0.0645. The number of aryl methyl sites for hydroxylation is 1. The van der Waals surface area contributed by atoms with Crippen LogP contribution in [0.1, 0.15) is 16.7 Å². The van der Waals surface area contributed by atoms with Crippen molar-refractivity contribution in [2.45, 2.75) is 13.5 Å². The summed E-state index contributed by atoms with van der Waals surface area (Å²) >= 11 is 12.6. The van der Waals surface area contributed by atoms with Gasteiger partial charge in [-0.05, 0) is 55.0 Å². The molecule has 6 rings (SSSR count). The van der Waals surface area contributed by atoms with Crippen molar-refractivity contribution in [1.82, 2.24) is 9.66 Å². The summed E-state index contributed by atoms with van der Waals surface area (Å²) in [5, 5.41) is 17.9. The summed E-state index contributed by atoms with van der Waals surface area (Å²) in [6, 6.07) is 24.1. The molecule has 0 saturated carbocycles. The van der Waals surface area contributed by atoms with Crippen molar-refractivity contribution >= 4 is 57.0 Å². The minimum Gasteiger partial charge on any atom is -0.481 e. The van der Waals surface area contributed by atoms with Crippen LogP contribution < -0.4 is 10.3 Å². The van der Waals surface area contributed by atoms with Crippen molar-refractivity contribution in [3.05, 3.63) is 132 Å². The molecule has 0 bridgehead atoms. The van der Waals surface area contributed by atoms with Gasteiger partial charge in [-0.3, -0.25) is 14.9 Å². The largest absolute Gasteiger partial charge is 0.481 e. The predicted molar refractivity (Wildman–Crippen MR) is 163 cm³/mol. The van der Waals surface area contributed by atoms with Crippen LogP contribution in [0, 0.1) is 17.0 Å². The molecule has 0 amide bonds. The summed E-state index contributed by atoms with van der Waals surface area (Å²) in [5.74, 6) is 0.364. The number of aromatic nitrogens is 2. The average Bonchev–Trinajstić information content (AvgIpc) is 3.39. The molecular weight excluding hydrogens is 579 g/mol. The molecule has 0 spiro atoms. The van der Waals surface area contributed by atoms with E-state index in [1.165, 1.54) is 18.3 Å². The molecule has 0 aliphatic rings. The third kappa shape index (κ3) is 5.35. The maximum Gasteiger partial charge on any atom is 0.313 e. The molecule has 0 aliphatic carbocycles. The van der Waals surface area contributed by atoms with Gasteiger partial charge in [0.25, 0.3) is 5.56 Å². The number of benzene rings is 4. The first-order chi connectivity index (χ1) is 20.3. The number of ether oxygens (including phenoxy) is 1. The van der Waals surface area contributed by atoms with Gasteiger partial charge in [-0.15, -0.1) is 0 Å². The van der Waals surface area contributed by atoms with Gasteiger partial charge in [-0.25, -0.2) is 4.98 Å². The van der Waals surface area contributed by atoms with E-state index in [1.54, 1.807) is 48.5 Å². The average molecular weight is 599 g/mol. The third-order valence-electron chi connectivity index (χ3n) is 6.52. The van der Waals surface area contributed by atoms with E-state index in [9.17, 15) is 14.9 Å². The molecule has 0 radical (unpaired) electrons. The van der Waals surface area contributed by atoms with E-state index in [4.69, 9.17) is 32.4 Å². The van der Waals surface area contributed by atoms with E-state index in [2.05, 4.69) is 10.1 Å². The molecule has 2 aromatic heterocycles. The molecule has 0 aliphatic heterocycles. The van der Waals surface area contributed by atoms with E-state index >= 15 is 0 Å². The van der Waals surface area contributed by atoms with Crippen LogP contribution in [0.4, 0.5) is 5.69 Å². The van der Waals surface area contributed by atoms with Gasteiger partial charge < -0.3 is 9.15 Å². The number of furan rings is 1. The third-order valence-corrected chi connectivity index (χ3v) is 7.04. The minimum atomic E-state index is -0.581. The number of fused-ring (bicyclic) bond motifs is 2. The van der Waals surface area contributed by atoms with Gasteiger partial charge in [-0.1, -0.05) is 65.2 Å². The minimum absolute atomic E-state index is 0.0242. The van der Waals surface area contributed by atoms with Gasteiger partial charge in [0.1, 0.15) is 12.2 Å². The quantitative estimate of drug-likeness (QED) is 0.105. The SMILES string of the molecule is Cc1ccc(COc2c(Cl)cc(C=Nn3c(-c4cc5cc(Cl)ccc5o4)nc4ccccc4c3=O)cc2[N+](=O)[O-])cc1. The van der Waals surface area contributed by atoms with Gasteiger partial charge >= 0.3 is 5.69 Å². The molecular formula is C31H20Cl2N4O5. The second kappa shape index (κ2) is 11.1. The van der Waals surface area contributed by atoms with Gasteiger partial charge in [-0.2, -0.15) is 9.78 Å². The molecule has 208 valence electrons. The van der Waals surface area contributed by atoms with Crippen molar-refractivity contribution in [3.63, 3.8) is 0 Å². The Labute approximate surface area is 248 Å². The number of nitrogens with zero attached hydrogens (tertiary/aromatic N) is 4. The maximum absolute atomic E-state index is 13.5. The van der Waals surface area contributed by atoms with Gasteiger partial charge in [0, 0.05) is 22.0 Å². The topological polar surface area (TPSA) is 113 Å². The molecule has 0 atom stereocenters. The number of para-hydroxylation sites is 1. The zero-order chi connectivity index (χ0) is 29.4. The Hall–Kier alpha value is -4.99. The molecule has 11 heteroatoms. The number of hydrogen-bond donors (Lipinski definition) is 0. The van der Waals surface area contributed by atoms with E-state index in [1.807, 2.05) is 31.2 Å². The number of halogens is 2. The second-order valence-corrected chi connectivity index (χ2v) is 10.3. The lowest BCUT2D eigenvalue weighted by Gasteiger charge is -2.10. The highest BCUT2D eigenvalue weighted by Gasteiger charge is 2.21. The van der Waals surface area contributed by atoms with E-state index in [0.717, 1.165) is 21.2 Å². The van der Waals surface area contributed by atoms with Gasteiger partial charge in [0.05, 0.1) is 27.1 Å². The first-order valence-corrected chi connectivity index (χ1v) is 13.4. The van der Waals surface area contributed by atoms with Crippen molar-refractivity contribution in [3.8, 4) is 17.3 Å². The van der Waals surface area contributed by atoms with E-state index < -0.39 is 10.5 Å². The van der Waals surface area contributed by atoms with Crippen molar-refractivity contribution in [2.75, 3.05) is 0 Å². The van der Waals surface area contributed by atoms with Crippen molar-refractivity contribution < 1.29 is 14.1 Å². The van der Waals surface area contributed by atoms with Crippen LogP contribution in [-0.2, 0) is 6.61 Å². The van der Waals surface area contributed by atoms with Crippen LogP contribution in [0.5, 0.6) is 5.75 Å². The number of hydrogen-bond acceptors (Lipinski definition) is 7. The Morgan fingerprint density at radius 2 is 1.83 bits per heavy atom. The highest BCUT2D eigenvalue weighted by atomic mass is 35.5. The molecule has 9 nitrogen and oxygen atoms in total. The Morgan fingerprint density at radius 1 is 1.05 bits per heavy atom. The van der Waals surface area contributed by atoms with Crippen molar-refractivity contribution in [1.29, 1.82) is 0 Å². The highest BCUT2D eigenvalue weighted by Crippen LogP contribution is 2.36. The van der Waals surface area contributed by atoms with Crippen molar-refractivity contribution in [2.24, 2.45) is 5.10 Å². The smallest absolute Gasteiger partial charge is 0.313 e. The van der Waals surface area contributed by atoms with Crippen LogP contribution >= 0.6 is 23.2 Å².